The van der Waals surface area contributed by atoms with Crippen molar-refractivity contribution in [2.45, 2.75) is 40.0 Å². The number of ketones is 1. The summed E-state index contributed by atoms with van der Waals surface area (Å²) in [6.45, 7) is 5.86. The van der Waals surface area contributed by atoms with Crippen molar-refractivity contribution >= 4 is 23.1 Å². The van der Waals surface area contributed by atoms with E-state index in [1.165, 1.54) is 12.1 Å². The number of benzene rings is 1. The highest BCUT2D eigenvalue weighted by atomic mass is 16.6. The van der Waals surface area contributed by atoms with Gasteiger partial charge in [-0.1, -0.05) is 32.9 Å². The van der Waals surface area contributed by atoms with Gasteiger partial charge in [0.05, 0.1) is 10.3 Å². The number of para-hydroxylation sites is 2. The van der Waals surface area contributed by atoms with E-state index in [1.807, 2.05) is 20.8 Å². The Balaban J connectivity index is 1.97. The second kappa shape index (κ2) is 4.63. The molecule has 0 aromatic heterocycles. The molecule has 122 valence electrons. The molecule has 2 bridgehead atoms. The van der Waals surface area contributed by atoms with Gasteiger partial charge < -0.3 is 5.32 Å². The Bertz CT molecular complexity index is 727. The summed E-state index contributed by atoms with van der Waals surface area (Å²) in [6, 6.07) is 6.08. The number of rotatable bonds is 3. The molecule has 6 nitrogen and oxygen atoms in total. The fraction of sp³-hybridized carbons (Fsp3) is 0.529. The molecule has 1 aromatic carbocycles. The zero-order valence-electron chi connectivity index (χ0n) is 13.5. The van der Waals surface area contributed by atoms with Crippen molar-refractivity contribution in [2.75, 3.05) is 5.32 Å². The number of hydrogen-bond acceptors (Lipinski definition) is 4. The van der Waals surface area contributed by atoms with Gasteiger partial charge in [0.25, 0.3) is 5.69 Å². The van der Waals surface area contributed by atoms with E-state index in [-0.39, 0.29) is 29.5 Å². The monoisotopic (exact) mass is 316 g/mol. The van der Waals surface area contributed by atoms with Crippen LogP contribution in [0, 0.1) is 26.4 Å². The Morgan fingerprint density at radius 2 is 1.87 bits per heavy atom. The lowest BCUT2D eigenvalue weighted by Gasteiger charge is -2.38. The summed E-state index contributed by atoms with van der Waals surface area (Å²) in [5, 5.41) is 13.8. The number of Topliss-reactive ketones (excluding diaryl/α,β-unsaturated/α-hetero) is 1. The van der Waals surface area contributed by atoms with Gasteiger partial charge >= 0.3 is 0 Å². The number of fused-ring (bicyclic) bond motifs is 2. The van der Waals surface area contributed by atoms with Crippen molar-refractivity contribution in [1.82, 2.24) is 0 Å². The molecule has 1 N–H and O–H groups in total. The fourth-order valence-corrected chi connectivity index (χ4v) is 4.34. The normalized spacial score (nSPS) is 31.2. The second-order valence-corrected chi connectivity index (χ2v) is 7.37. The summed E-state index contributed by atoms with van der Waals surface area (Å²) in [5.74, 6) is -0.169. The molecule has 2 unspecified atom stereocenters. The van der Waals surface area contributed by atoms with Gasteiger partial charge in [-0.05, 0) is 24.3 Å². The molecule has 2 aliphatic rings. The minimum absolute atomic E-state index is 0.117. The summed E-state index contributed by atoms with van der Waals surface area (Å²) < 4.78 is 0. The number of carbonyl (C=O) groups is 2. The summed E-state index contributed by atoms with van der Waals surface area (Å²) in [4.78, 5) is 36.0. The molecule has 23 heavy (non-hydrogen) atoms. The highest BCUT2D eigenvalue weighted by Gasteiger charge is 2.72. The van der Waals surface area contributed by atoms with E-state index in [0.717, 1.165) is 0 Å². The molecule has 2 atom stereocenters. The Morgan fingerprint density at radius 3 is 2.39 bits per heavy atom. The van der Waals surface area contributed by atoms with Gasteiger partial charge in [0.1, 0.15) is 11.5 Å². The SMILES string of the molecule is CC12CCC(C(=O)Nc3ccccc3[N+](=O)[O-])(CC1=O)C2(C)C. The average molecular weight is 316 g/mol. The lowest BCUT2D eigenvalue weighted by atomic mass is 9.64. The minimum atomic E-state index is -0.789. The topological polar surface area (TPSA) is 89.3 Å². The zero-order valence-corrected chi connectivity index (χ0v) is 13.5. The maximum absolute atomic E-state index is 13.0. The third-order valence-electron chi connectivity index (χ3n) is 6.49. The Labute approximate surface area is 134 Å². The molecule has 2 fully saturated rings. The van der Waals surface area contributed by atoms with Crippen molar-refractivity contribution in [2.24, 2.45) is 16.2 Å². The molecule has 2 saturated carbocycles. The third-order valence-corrected chi connectivity index (χ3v) is 6.49. The number of nitrogens with one attached hydrogen (secondary N) is 1. The van der Waals surface area contributed by atoms with Crippen LogP contribution < -0.4 is 5.32 Å². The van der Waals surface area contributed by atoms with Crippen molar-refractivity contribution in [1.29, 1.82) is 0 Å². The molecule has 2 aliphatic carbocycles. The van der Waals surface area contributed by atoms with Crippen LogP contribution in [0.1, 0.15) is 40.0 Å². The van der Waals surface area contributed by atoms with Gasteiger partial charge in [-0.2, -0.15) is 0 Å². The lowest BCUT2D eigenvalue weighted by Crippen LogP contribution is -2.43. The number of nitro groups is 1. The summed E-state index contributed by atoms with van der Waals surface area (Å²) in [5.41, 5.74) is -1.71. The number of hydrogen-bond donors (Lipinski definition) is 1. The average Bonchev–Trinajstić information content (AvgIpc) is 2.78. The minimum Gasteiger partial charge on any atom is -0.320 e. The molecule has 6 heteroatoms. The number of carbonyl (C=O) groups excluding carboxylic acids is 2. The first kappa shape index (κ1) is 15.6. The van der Waals surface area contributed by atoms with Gasteiger partial charge in [-0.15, -0.1) is 0 Å². The molecule has 1 aromatic rings. The van der Waals surface area contributed by atoms with E-state index in [9.17, 15) is 19.7 Å². The summed E-state index contributed by atoms with van der Waals surface area (Å²) in [6.07, 6.45) is 1.53. The van der Waals surface area contributed by atoms with E-state index < -0.39 is 21.2 Å². The predicted octanol–water partition coefficient (Wildman–Crippen LogP) is 3.32. The third kappa shape index (κ3) is 1.81. The highest BCUT2D eigenvalue weighted by Crippen LogP contribution is 2.70. The van der Waals surface area contributed by atoms with E-state index in [0.29, 0.717) is 12.8 Å². The van der Waals surface area contributed by atoms with Crippen molar-refractivity contribution in [3.63, 3.8) is 0 Å². The van der Waals surface area contributed by atoms with Crippen LogP contribution in [-0.2, 0) is 9.59 Å². The standard InChI is InChI=1S/C17H20N2O4/c1-15(2)16(3)8-9-17(15,10-13(16)20)14(21)18-11-6-4-5-7-12(11)19(22)23/h4-7H,8-10H2,1-3H3,(H,18,21). The summed E-state index contributed by atoms with van der Waals surface area (Å²) >= 11 is 0. The fourth-order valence-electron chi connectivity index (χ4n) is 4.34. The molecule has 0 saturated heterocycles. The Kier molecular flexibility index (Phi) is 3.15. The van der Waals surface area contributed by atoms with Crippen LogP contribution in [0.25, 0.3) is 0 Å². The molecule has 0 spiro atoms. The zero-order chi connectivity index (χ0) is 17.0. The van der Waals surface area contributed by atoms with Crippen LogP contribution in [0.4, 0.5) is 11.4 Å². The largest absolute Gasteiger partial charge is 0.320 e. The van der Waals surface area contributed by atoms with Crippen LogP contribution >= 0.6 is 0 Å². The Hall–Kier alpha value is -2.24. The van der Waals surface area contributed by atoms with Crippen molar-refractivity contribution in [3.05, 3.63) is 34.4 Å². The van der Waals surface area contributed by atoms with Gasteiger partial charge in [0.2, 0.25) is 5.91 Å². The van der Waals surface area contributed by atoms with E-state index >= 15 is 0 Å². The van der Waals surface area contributed by atoms with Crippen LogP contribution in [0.5, 0.6) is 0 Å². The van der Waals surface area contributed by atoms with Crippen LogP contribution in [0.3, 0.4) is 0 Å². The molecule has 0 radical (unpaired) electrons. The van der Waals surface area contributed by atoms with Crippen LogP contribution in [0.2, 0.25) is 0 Å². The molecule has 3 rings (SSSR count). The number of anilines is 1. The van der Waals surface area contributed by atoms with Gasteiger partial charge in [0.15, 0.2) is 0 Å². The first-order valence-corrected chi connectivity index (χ1v) is 7.74. The maximum atomic E-state index is 13.0. The number of nitro benzene ring substituents is 1. The maximum Gasteiger partial charge on any atom is 0.292 e. The smallest absolute Gasteiger partial charge is 0.292 e. The van der Waals surface area contributed by atoms with E-state index in [2.05, 4.69) is 5.32 Å². The second-order valence-electron chi connectivity index (χ2n) is 7.37. The summed E-state index contributed by atoms with van der Waals surface area (Å²) in [7, 11) is 0. The van der Waals surface area contributed by atoms with Crippen molar-refractivity contribution in [3.8, 4) is 0 Å². The highest BCUT2D eigenvalue weighted by molar-refractivity contribution is 6.05. The molecular weight excluding hydrogens is 296 g/mol. The van der Waals surface area contributed by atoms with E-state index in [1.54, 1.807) is 12.1 Å². The lowest BCUT2D eigenvalue weighted by molar-refractivity contribution is -0.383. The van der Waals surface area contributed by atoms with Gasteiger partial charge in [-0.25, -0.2) is 0 Å². The molecule has 1 amide bonds. The quantitative estimate of drug-likeness (QED) is 0.684. The van der Waals surface area contributed by atoms with Crippen LogP contribution in [-0.4, -0.2) is 16.6 Å². The number of nitrogens with zero attached hydrogens (tertiary/aromatic N) is 1. The first-order valence-electron chi connectivity index (χ1n) is 7.74. The predicted molar refractivity (Wildman–Crippen MR) is 84.9 cm³/mol. The van der Waals surface area contributed by atoms with E-state index in [4.69, 9.17) is 0 Å². The van der Waals surface area contributed by atoms with Crippen molar-refractivity contribution < 1.29 is 14.5 Å². The number of amides is 1. The molecular formula is C17H20N2O4. The molecule has 0 heterocycles. The van der Waals surface area contributed by atoms with Gasteiger partial charge in [-0.3, -0.25) is 19.7 Å². The first-order chi connectivity index (χ1) is 10.7. The van der Waals surface area contributed by atoms with Crippen LogP contribution in [0.15, 0.2) is 24.3 Å². The van der Waals surface area contributed by atoms with Gasteiger partial charge in [0, 0.05) is 17.9 Å². The molecule has 0 aliphatic heterocycles. The Morgan fingerprint density at radius 1 is 1.22 bits per heavy atom.